The van der Waals surface area contributed by atoms with Gasteiger partial charge in [-0.15, -0.1) is 0 Å². The summed E-state index contributed by atoms with van der Waals surface area (Å²) < 4.78 is 1.92. The first kappa shape index (κ1) is 11.9. The molecule has 0 saturated carbocycles. The second-order valence-corrected chi connectivity index (χ2v) is 5.16. The van der Waals surface area contributed by atoms with Crippen molar-refractivity contribution in [2.45, 2.75) is 0 Å². The Morgan fingerprint density at radius 2 is 1.62 bits per heavy atom. The smallest absolute Gasteiger partial charge is 0.132 e. The number of pyridine rings is 1. The van der Waals surface area contributed by atoms with E-state index < -0.39 is 0 Å². The molecule has 0 amide bonds. The topological polar surface area (TPSA) is 24.9 Å². The van der Waals surface area contributed by atoms with Crippen molar-refractivity contribution in [1.82, 2.24) is 4.98 Å². The Balaban J connectivity index is 2.34. The zero-order valence-electron chi connectivity index (χ0n) is 8.05. The third kappa shape index (κ3) is 2.75. The van der Waals surface area contributed by atoms with Gasteiger partial charge in [-0.3, -0.25) is 0 Å². The lowest BCUT2D eigenvalue weighted by Gasteiger charge is -2.09. The molecule has 2 aromatic rings. The Kier molecular flexibility index (Phi) is 3.84. The quantitative estimate of drug-likeness (QED) is 0.760. The number of nitrogens with one attached hydrogen (secondary N) is 1. The molecule has 2 nitrogen and oxygen atoms in total. The van der Waals surface area contributed by atoms with Gasteiger partial charge in [-0.1, -0.05) is 23.7 Å². The second kappa shape index (κ2) is 5.17. The van der Waals surface area contributed by atoms with Crippen molar-refractivity contribution in [3.05, 3.63) is 50.5 Å². The van der Waals surface area contributed by atoms with Crippen LogP contribution in [0.3, 0.4) is 0 Å². The summed E-state index contributed by atoms with van der Waals surface area (Å²) in [6, 6.07) is 11.3. The predicted octanol–water partition coefficient (Wildman–Crippen LogP) is 5.00. The van der Waals surface area contributed by atoms with Crippen LogP contribution in [0.25, 0.3) is 0 Å². The molecule has 16 heavy (non-hydrogen) atoms. The van der Waals surface area contributed by atoms with Crippen molar-refractivity contribution in [1.29, 1.82) is 0 Å². The molecule has 0 aliphatic heterocycles. The minimum Gasteiger partial charge on any atom is -0.338 e. The maximum Gasteiger partial charge on any atom is 0.132 e. The fraction of sp³-hybridized carbons (Fsp3) is 0. The van der Waals surface area contributed by atoms with Gasteiger partial charge in [-0.2, -0.15) is 0 Å². The highest BCUT2D eigenvalue weighted by molar-refractivity contribution is 9.11. The van der Waals surface area contributed by atoms with Crippen molar-refractivity contribution in [2.24, 2.45) is 0 Å². The van der Waals surface area contributed by atoms with Crippen LogP contribution >= 0.6 is 43.5 Å². The fourth-order valence-corrected chi connectivity index (χ4v) is 2.58. The molecule has 1 N–H and O–H groups in total. The Labute approximate surface area is 115 Å². The van der Waals surface area contributed by atoms with Crippen molar-refractivity contribution < 1.29 is 0 Å². The first-order chi connectivity index (χ1) is 7.66. The van der Waals surface area contributed by atoms with E-state index in [0.717, 1.165) is 14.6 Å². The molecule has 0 unspecified atom stereocenters. The molecule has 1 aromatic heterocycles. The van der Waals surface area contributed by atoms with E-state index in [2.05, 4.69) is 42.2 Å². The Morgan fingerprint density at radius 1 is 1.00 bits per heavy atom. The van der Waals surface area contributed by atoms with Crippen LogP contribution in [0, 0.1) is 0 Å². The summed E-state index contributed by atoms with van der Waals surface area (Å²) >= 11 is 12.8. The molecular weight excluding hydrogens is 355 g/mol. The fourth-order valence-electron chi connectivity index (χ4n) is 1.22. The van der Waals surface area contributed by atoms with E-state index in [1.807, 2.05) is 30.3 Å². The van der Waals surface area contributed by atoms with E-state index in [1.54, 1.807) is 6.07 Å². The number of rotatable bonds is 2. The highest BCUT2D eigenvalue weighted by atomic mass is 79.9. The van der Waals surface area contributed by atoms with Gasteiger partial charge in [0, 0.05) is 8.95 Å². The summed E-state index contributed by atoms with van der Waals surface area (Å²) in [6.45, 7) is 0. The molecule has 2 rings (SSSR count). The van der Waals surface area contributed by atoms with Crippen molar-refractivity contribution in [2.75, 3.05) is 5.32 Å². The van der Waals surface area contributed by atoms with Crippen molar-refractivity contribution >= 4 is 55.0 Å². The molecule has 0 fully saturated rings. The van der Waals surface area contributed by atoms with E-state index >= 15 is 0 Å². The lowest BCUT2D eigenvalue weighted by molar-refractivity contribution is 1.30. The van der Waals surface area contributed by atoms with Crippen LogP contribution in [-0.4, -0.2) is 4.98 Å². The number of aromatic nitrogens is 1. The summed E-state index contributed by atoms with van der Waals surface area (Å²) in [7, 11) is 0. The number of halogens is 3. The summed E-state index contributed by atoms with van der Waals surface area (Å²) in [5, 5.41) is 3.66. The summed E-state index contributed by atoms with van der Waals surface area (Å²) in [6.07, 6.45) is 0. The first-order valence-corrected chi connectivity index (χ1v) is 6.47. The molecule has 82 valence electrons. The number of nitrogens with zero attached hydrogens (tertiary/aromatic N) is 1. The average molecular weight is 362 g/mol. The highest BCUT2D eigenvalue weighted by Gasteiger charge is 2.05. The van der Waals surface area contributed by atoms with Gasteiger partial charge in [0.2, 0.25) is 0 Å². The van der Waals surface area contributed by atoms with Crippen LogP contribution < -0.4 is 5.32 Å². The van der Waals surface area contributed by atoms with Gasteiger partial charge in [-0.05, 0) is 56.1 Å². The lowest BCUT2D eigenvalue weighted by Crippen LogP contribution is -1.95. The minimum atomic E-state index is 0.466. The maximum atomic E-state index is 5.82. The normalized spacial score (nSPS) is 10.2. The predicted molar refractivity (Wildman–Crippen MR) is 74.4 cm³/mol. The minimum absolute atomic E-state index is 0.466. The number of hydrogen-bond donors (Lipinski definition) is 1. The van der Waals surface area contributed by atoms with Gasteiger partial charge in [0.15, 0.2) is 0 Å². The lowest BCUT2D eigenvalue weighted by atomic mass is 10.3. The Bertz CT molecular complexity index is 497. The SMILES string of the molecule is Clc1cccc(Nc2c(Br)cccc2Br)n1. The number of hydrogen-bond acceptors (Lipinski definition) is 2. The molecule has 0 spiro atoms. The van der Waals surface area contributed by atoms with E-state index in [-0.39, 0.29) is 0 Å². The molecule has 1 heterocycles. The molecule has 0 saturated heterocycles. The van der Waals surface area contributed by atoms with Crippen LogP contribution in [0.1, 0.15) is 0 Å². The average Bonchev–Trinajstić information content (AvgIpc) is 2.24. The second-order valence-electron chi connectivity index (χ2n) is 3.07. The largest absolute Gasteiger partial charge is 0.338 e. The third-order valence-corrected chi connectivity index (χ3v) is 3.46. The Hall–Kier alpha value is -0.580. The molecule has 0 radical (unpaired) electrons. The van der Waals surface area contributed by atoms with Gasteiger partial charge < -0.3 is 5.32 Å². The van der Waals surface area contributed by atoms with Crippen LogP contribution in [0.2, 0.25) is 5.15 Å². The van der Waals surface area contributed by atoms with Gasteiger partial charge in [0.05, 0.1) is 5.69 Å². The van der Waals surface area contributed by atoms with E-state index in [1.165, 1.54) is 0 Å². The maximum absolute atomic E-state index is 5.82. The van der Waals surface area contributed by atoms with E-state index in [0.29, 0.717) is 11.0 Å². The van der Waals surface area contributed by atoms with Crippen LogP contribution in [0.15, 0.2) is 45.3 Å². The Morgan fingerprint density at radius 3 is 2.25 bits per heavy atom. The van der Waals surface area contributed by atoms with Crippen molar-refractivity contribution in [3.63, 3.8) is 0 Å². The highest BCUT2D eigenvalue weighted by Crippen LogP contribution is 2.32. The van der Waals surface area contributed by atoms with Crippen molar-refractivity contribution in [3.8, 4) is 0 Å². The standard InChI is InChI=1S/C11H7Br2ClN2/c12-7-3-1-4-8(13)11(7)16-10-6-2-5-9(14)15-10/h1-6H,(H,15,16). The van der Waals surface area contributed by atoms with Gasteiger partial charge in [0.25, 0.3) is 0 Å². The summed E-state index contributed by atoms with van der Waals surface area (Å²) in [4.78, 5) is 4.16. The summed E-state index contributed by atoms with van der Waals surface area (Å²) in [5.74, 6) is 0.708. The molecule has 0 aliphatic rings. The zero-order chi connectivity index (χ0) is 11.5. The number of anilines is 2. The van der Waals surface area contributed by atoms with Crippen LogP contribution in [0.4, 0.5) is 11.5 Å². The van der Waals surface area contributed by atoms with Gasteiger partial charge in [0.1, 0.15) is 11.0 Å². The molecule has 0 atom stereocenters. The molecule has 1 aromatic carbocycles. The zero-order valence-corrected chi connectivity index (χ0v) is 12.0. The monoisotopic (exact) mass is 360 g/mol. The summed E-state index contributed by atoms with van der Waals surface area (Å²) in [5.41, 5.74) is 0.928. The van der Waals surface area contributed by atoms with E-state index in [4.69, 9.17) is 11.6 Å². The molecule has 0 aliphatic carbocycles. The third-order valence-electron chi connectivity index (χ3n) is 1.93. The van der Waals surface area contributed by atoms with Gasteiger partial charge >= 0.3 is 0 Å². The van der Waals surface area contributed by atoms with Gasteiger partial charge in [-0.25, -0.2) is 4.98 Å². The van der Waals surface area contributed by atoms with E-state index in [9.17, 15) is 0 Å². The first-order valence-electron chi connectivity index (χ1n) is 4.50. The number of para-hydroxylation sites is 1. The van der Waals surface area contributed by atoms with Crippen LogP contribution in [-0.2, 0) is 0 Å². The number of benzene rings is 1. The molecular formula is C11H7Br2ClN2. The molecule has 0 bridgehead atoms. The van der Waals surface area contributed by atoms with Crippen LogP contribution in [0.5, 0.6) is 0 Å². The molecule has 5 heteroatoms.